The van der Waals surface area contributed by atoms with Gasteiger partial charge in [0.25, 0.3) is 0 Å². The molecule has 0 amide bonds. The van der Waals surface area contributed by atoms with Gasteiger partial charge in [-0.3, -0.25) is 14.2 Å². The van der Waals surface area contributed by atoms with Gasteiger partial charge in [0.1, 0.15) is 23.3 Å². The molecule has 2 aromatic heterocycles. The van der Waals surface area contributed by atoms with Crippen LogP contribution >= 0.6 is 0 Å². The fourth-order valence-corrected chi connectivity index (χ4v) is 9.53. The summed E-state index contributed by atoms with van der Waals surface area (Å²) >= 11 is 0. The number of carbonyl (C=O) groups excluding carboxylic acids is 1. The third kappa shape index (κ3) is 4.27. The van der Waals surface area contributed by atoms with Crippen molar-refractivity contribution in [3.63, 3.8) is 0 Å². The van der Waals surface area contributed by atoms with Crippen LogP contribution < -0.4 is 10.3 Å². The van der Waals surface area contributed by atoms with Crippen LogP contribution in [-0.2, 0) is 9.84 Å². The van der Waals surface area contributed by atoms with Crippen LogP contribution in [0.25, 0.3) is 16.7 Å². The van der Waals surface area contributed by atoms with Crippen molar-refractivity contribution in [1.29, 1.82) is 0 Å². The van der Waals surface area contributed by atoms with Crippen molar-refractivity contribution < 1.29 is 22.0 Å². The number of benzene rings is 1. The van der Waals surface area contributed by atoms with Crippen LogP contribution in [0.2, 0.25) is 0 Å². The number of ketones is 1. The minimum absolute atomic E-state index is 0.0100. The molecule has 3 aromatic rings. The summed E-state index contributed by atoms with van der Waals surface area (Å²) in [5, 5.41) is 0.126. The highest BCUT2D eigenvalue weighted by Gasteiger charge is 2.51. The number of aromatic nitrogens is 2. The first-order chi connectivity index (χ1) is 18.6. The highest BCUT2D eigenvalue weighted by molar-refractivity contribution is 7.91. The summed E-state index contributed by atoms with van der Waals surface area (Å²) in [5.74, 6) is 0.201. The number of hydrogen-bond donors (Lipinski definition) is 0. The lowest BCUT2D eigenvalue weighted by molar-refractivity contribution is -0.0524. The Labute approximate surface area is 224 Å². The molecule has 10 heteroatoms. The SMILES string of the molecule is O=C(CC12CC3CC(CC(C3)C1)C2)c1cn(-c2ccc(F)cc2F)c2nc(N3CCS(=O)(=O)C3)ccc2c1=O. The molecule has 0 radical (unpaired) electrons. The molecule has 7 nitrogen and oxygen atoms in total. The van der Waals surface area contributed by atoms with Crippen LogP contribution in [0.1, 0.15) is 55.3 Å². The summed E-state index contributed by atoms with van der Waals surface area (Å²) < 4.78 is 54.2. The van der Waals surface area contributed by atoms with Crippen molar-refractivity contribution in [2.75, 3.05) is 23.1 Å². The number of Topliss-reactive ketones (excluding diaryl/α,β-unsaturated/α-hetero) is 1. The van der Waals surface area contributed by atoms with E-state index in [-0.39, 0.29) is 51.7 Å². The van der Waals surface area contributed by atoms with Gasteiger partial charge in [0.05, 0.1) is 22.4 Å². The maximum Gasteiger partial charge on any atom is 0.201 e. The van der Waals surface area contributed by atoms with Gasteiger partial charge in [-0.1, -0.05) is 0 Å². The highest BCUT2D eigenvalue weighted by atomic mass is 32.2. The van der Waals surface area contributed by atoms with Crippen LogP contribution in [-0.4, -0.2) is 41.9 Å². The molecule has 1 aromatic carbocycles. The Balaban J connectivity index is 1.34. The maximum atomic E-state index is 15.0. The van der Waals surface area contributed by atoms with Crippen molar-refractivity contribution in [3.05, 3.63) is 63.9 Å². The molecule has 0 unspecified atom stereocenters. The molecular weight excluding hydrogens is 524 g/mol. The van der Waals surface area contributed by atoms with Gasteiger partial charge in [0.2, 0.25) is 5.43 Å². The normalized spacial score (nSPS) is 28.9. The van der Waals surface area contributed by atoms with Gasteiger partial charge in [-0.05, 0) is 86.0 Å². The van der Waals surface area contributed by atoms with Crippen molar-refractivity contribution in [2.45, 2.75) is 44.9 Å². The van der Waals surface area contributed by atoms with E-state index in [0.29, 0.717) is 30.0 Å². The molecule has 0 spiro atoms. The minimum atomic E-state index is -3.25. The molecule has 4 bridgehead atoms. The summed E-state index contributed by atoms with van der Waals surface area (Å²) in [7, 11) is -3.25. The molecular formula is C29H29F2N3O4S. The molecule has 1 saturated heterocycles. The van der Waals surface area contributed by atoms with E-state index in [1.165, 1.54) is 42.2 Å². The number of rotatable bonds is 5. The van der Waals surface area contributed by atoms with Gasteiger partial charge in [-0.15, -0.1) is 0 Å². The van der Waals surface area contributed by atoms with Gasteiger partial charge in [-0.2, -0.15) is 0 Å². The zero-order chi connectivity index (χ0) is 27.1. The number of anilines is 1. The Bertz CT molecular complexity index is 1670. The van der Waals surface area contributed by atoms with E-state index in [2.05, 4.69) is 4.98 Å². The molecule has 8 rings (SSSR count). The van der Waals surface area contributed by atoms with Crippen LogP contribution in [0.5, 0.6) is 0 Å². The first kappa shape index (κ1) is 24.9. The predicted molar refractivity (Wildman–Crippen MR) is 143 cm³/mol. The first-order valence-corrected chi connectivity index (χ1v) is 15.4. The van der Waals surface area contributed by atoms with Crippen molar-refractivity contribution in [3.8, 4) is 5.69 Å². The van der Waals surface area contributed by atoms with Gasteiger partial charge < -0.3 is 4.90 Å². The Kier molecular flexibility index (Phi) is 5.53. The number of hydrogen-bond acceptors (Lipinski definition) is 6. The second-order valence-electron chi connectivity index (χ2n) is 12.2. The molecule has 3 heterocycles. The molecule has 204 valence electrons. The number of fused-ring (bicyclic) bond motifs is 1. The van der Waals surface area contributed by atoms with Crippen LogP contribution in [0.4, 0.5) is 14.6 Å². The van der Waals surface area contributed by atoms with E-state index in [4.69, 9.17) is 0 Å². The molecule has 1 aliphatic heterocycles. The zero-order valence-corrected chi connectivity index (χ0v) is 22.2. The Morgan fingerprint density at radius 1 is 1.03 bits per heavy atom. The summed E-state index contributed by atoms with van der Waals surface area (Å²) in [5.41, 5.74) is -0.558. The standard InChI is InChI=1S/C29H29F2N3O4S/c30-20-1-3-24(23(31)10-20)34-15-22(25(35)14-29-11-17-7-18(12-29)9-19(8-17)13-29)27(36)21-2-4-26(32-28(21)34)33-5-6-39(37,38)16-33/h1-4,10,15,17-19H,5-9,11-14,16H2. The summed E-state index contributed by atoms with van der Waals surface area (Å²) in [6, 6.07) is 6.17. The smallest absolute Gasteiger partial charge is 0.201 e. The fourth-order valence-electron chi connectivity index (χ4n) is 8.17. The lowest BCUT2D eigenvalue weighted by Gasteiger charge is -2.56. The maximum absolute atomic E-state index is 15.0. The van der Waals surface area contributed by atoms with Gasteiger partial charge in [0.15, 0.2) is 21.3 Å². The van der Waals surface area contributed by atoms with Gasteiger partial charge >= 0.3 is 0 Å². The Morgan fingerprint density at radius 2 is 1.72 bits per heavy atom. The molecule has 5 aliphatic rings. The lowest BCUT2D eigenvalue weighted by atomic mass is 9.48. The average molecular weight is 554 g/mol. The number of carbonyl (C=O) groups is 1. The molecule has 4 aliphatic carbocycles. The van der Waals surface area contributed by atoms with E-state index in [9.17, 15) is 22.4 Å². The largest absolute Gasteiger partial charge is 0.341 e. The third-order valence-electron chi connectivity index (χ3n) is 9.36. The molecule has 0 N–H and O–H groups in total. The summed E-state index contributed by atoms with van der Waals surface area (Å²) in [6.07, 6.45) is 8.40. The number of halogens is 2. The number of nitrogens with zero attached hydrogens (tertiary/aromatic N) is 3. The molecule has 39 heavy (non-hydrogen) atoms. The monoisotopic (exact) mass is 553 g/mol. The first-order valence-electron chi connectivity index (χ1n) is 13.6. The third-order valence-corrected chi connectivity index (χ3v) is 10.9. The van der Waals surface area contributed by atoms with Gasteiger partial charge in [0, 0.05) is 25.2 Å². The minimum Gasteiger partial charge on any atom is -0.341 e. The van der Waals surface area contributed by atoms with Crippen LogP contribution in [0, 0.1) is 34.8 Å². The number of sulfone groups is 1. The van der Waals surface area contributed by atoms with Crippen LogP contribution in [0.3, 0.4) is 0 Å². The highest BCUT2D eigenvalue weighted by Crippen LogP contribution is 2.61. The predicted octanol–water partition coefficient (Wildman–Crippen LogP) is 4.65. The number of pyridine rings is 2. The van der Waals surface area contributed by atoms with Crippen molar-refractivity contribution >= 4 is 32.5 Å². The van der Waals surface area contributed by atoms with E-state index in [1.807, 2.05) is 0 Å². The molecule has 4 saturated carbocycles. The van der Waals surface area contributed by atoms with E-state index in [1.54, 1.807) is 11.0 Å². The Hall–Kier alpha value is -3.14. The average Bonchev–Trinajstić information content (AvgIpc) is 3.23. The second kappa shape index (κ2) is 8.68. The molecule has 0 atom stereocenters. The van der Waals surface area contributed by atoms with Crippen LogP contribution in [0.15, 0.2) is 41.3 Å². The summed E-state index contributed by atoms with van der Waals surface area (Å²) in [4.78, 5) is 33.6. The van der Waals surface area contributed by atoms with E-state index < -0.39 is 26.9 Å². The summed E-state index contributed by atoms with van der Waals surface area (Å²) in [6.45, 7) is 0.248. The van der Waals surface area contributed by atoms with E-state index >= 15 is 4.39 Å². The lowest BCUT2D eigenvalue weighted by Crippen LogP contribution is -2.47. The van der Waals surface area contributed by atoms with E-state index in [0.717, 1.165) is 31.4 Å². The fraction of sp³-hybridized carbons (Fsp3) is 0.483. The Morgan fingerprint density at radius 3 is 2.33 bits per heavy atom. The molecule has 5 fully saturated rings. The van der Waals surface area contributed by atoms with Crippen molar-refractivity contribution in [2.24, 2.45) is 23.2 Å². The van der Waals surface area contributed by atoms with Crippen molar-refractivity contribution in [1.82, 2.24) is 9.55 Å². The quantitative estimate of drug-likeness (QED) is 0.428. The topological polar surface area (TPSA) is 89.3 Å². The van der Waals surface area contributed by atoms with Gasteiger partial charge in [-0.25, -0.2) is 22.2 Å². The zero-order valence-electron chi connectivity index (χ0n) is 21.4. The second-order valence-corrected chi connectivity index (χ2v) is 14.4.